The molecule has 0 aliphatic carbocycles. The van der Waals surface area contributed by atoms with Crippen LogP contribution in [0.1, 0.15) is 21.5 Å². The molecule has 0 atom stereocenters. The number of fused-ring (bicyclic) bond motifs is 2. The third kappa shape index (κ3) is 2.46. The second-order valence-corrected chi connectivity index (χ2v) is 7.41. The molecule has 2 amide bonds. The van der Waals surface area contributed by atoms with Gasteiger partial charge in [-0.3, -0.25) is 9.59 Å². The molecule has 0 N–H and O–H groups in total. The molecule has 5 heteroatoms. The van der Waals surface area contributed by atoms with Crippen LogP contribution in [0.2, 0.25) is 0 Å². The number of benzene rings is 2. The van der Waals surface area contributed by atoms with E-state index in [9.17, 15) is 9.59 Å². The number of anilines is 2. The molecule has 0 radical (unpaired) electrons. The Morgan fingerprint density at radius 1 is 1.11 bits per heavy atom. The van der Waals surface area contributed by atoms with Crippen LogP contribution in [0.3, 0.4) is 0 Å². The van der Waals surface area contributed by atoms with E-state index in [2.05, 4.69) is 47.9 Å². The number of likely N-dealkylation sites (tertiary alicyclic amines) is 1. The fraction of sp³-hybridized carbons (Fsp3) is 0.273. The van der Waals surface area contributed by atoms with Gasteiger partial charge in [0, 0.05) is 43.1 Å². The number of carbonyl (C=O) groups excluding carboxylic acids is 2. The van der Waals surface area contributed by atoms with Crippen molar-refractivity contribution < 1.29 is 9.59 Å². The van der Waals surface area contributed by atoms with Gasteiger partial charge >= 0.3 is 0 Å². The highest BCUT2D eigenvalue weighted by Gasteiger charge is 2.40. The molecule has 0 spiro atoms. The number of hydrogen-bond donors (Lipinski definition) is 0. The highest BCUT2D eigenvalue weighted by Crippen LogP contribution is 2.37. The van der Waals surface area contributed by atoms with Crippen molar-refractivity contribution in [3.63, 3.8) is 0 Å². The van der Waals surface area contributed by atoms with Crippen molar-refractivity contribution in [1.29, 1.82) is 0 Å². The van der Waals surface area contributed by atoms with Crippen LogP contribution in [-0.4, -0.2) is 47.3 Å². The predicted octanol–water partition coefficient (Wildman–Crippen LogP) is 2.73. The zero-order valence-electron chi connectivity index (χ0n) is 15.1. The van der Waals surface area contributed by atoms with Crippen LogP contribution in [0.5, 0.6) is 0 Å². The fourth-order valence-corrected chi connectivity index (χ4v) is 4.34. The van der Waals surface area contributed by atoms with Crippen LogP contribution in [-0.2, 0) is 17.8 Å². The molecule has 1 saturated heterocycles. The van der Waals surface area contributed by atoms with Crippen LogP contribution in [0, 0.1) is 0 Å². The number of carbonyl (C=O) groups is 2. The molecule has 0 unspecified atom stereocenters. The summed E-state index contributed by atoms with van der Waals surface area (Å²) in [7, 11) is 0. The molecule has 0 saturated carbocycles. The number of rotatable bonds is 3. The second kappa shape index (κ2) is 5.98. The van der Waals surface area contributed by atoms with Gasteiger partial charge in [-0.2, -0.15) is 0 Å². The van der Waals surface area contributed by atoms with Crippen molar-refractivity contribution in [2.45, 2.75) is 19.0 Å². The van der Waals surface area contributed by atoms with Gasteiger partial charge in [0.15, 0.2) is 0 Å². The summed E-state index contributed by atoms with van der Waals surface area (Å²) in [4.78, 5) is 30.5. The van der Waals surface area contributed by atoms with Crippen LogP contribution >= 0.6 is 0 Å². The minimum Gasteiger partial charge on any atom is -0.341 e. The van der Waals surface area contributed by atoms with Gasteiger partial charge in [-0.05, 0) is 41.8 Å². The smallest absolute Gasteiger partial charge is 0.254 e. The van der Waals surface area contributed by atoms with Gasteiger partial charge in [0.2, 0.25) is 5.91 Å². The number of nitrogens with zero attached hydrogens (tertiary/aromatic N) is 3. The third-order valence-corrected chi connectivity index (χ3v) is 5.91. The first-order valence-corrected chi connectivity index (χ1v) is 9.36. The fourth-order valence-electron chi connectivity index (χ4n) is 4.34. The highest BCUT2D eigenvalue weighted by molar-refractivity contribution is 6.00. The third-order valence-electron chi connectivity index (χ3n) is 5.91. The summed E-state index contributed by atoms with van der Waals surface area (Å²) >= 11 is 0. The molecule has 0 bridgehead atoms. The van der Waals surface area contributed by atoms with Crippen molar-refractivity contribution in [1.82, 2.24) is 9.80 Å². The monoisotopic (exact) mass is 359 g/mol. The van der Waals surface area contributed by atoms with E-state index in [0.29, 0.717) is 19.6 Å². The predicted molar refractivity (Wildman–Crippen MR) is 104 cm³/mol. The maximum atomic E-state index is 13.0. The Kier molecular flexibility index (Phi) is 3.57. The lowest BCUT2D eigenvalue weighted by molar-refractivity contribution is -0.132. The standard InChI is InChI=1S/C22H21N3O2/c1-2-21(26)23-13-18(14-23)25-12-16-7-8-17(11-19(16)22(25)27)24-10-9-15-5-3-4-6-20(15)24/h2-8,11,18H,1,9-10,12-14H2. The summed E-state index contributed by atoms with van der Waals surface area (Å²) in [5.74, 6) is 0.0143. The SMILES string of the molecule is C=CC(=O)N1CC(N2Cc3ccc(N4CCc5ccccc54)cc3C2=O)C1. The molecular formula is C22H21N3O2. The zero-order valence-corrected chi connectivity index (χ0v) is 15.1. The van der Waals surface area contributed by atoms with Gasteiger partial charge in [-0.25, -0.2) is 0 Å². The molecule has 2 aromatic carbocycles. The van der Waals surface area contributed by atoms with Crippen LogP contribution in [0.25, 0.3) is 0 Å². The quantitative estimate of drug-likeness (QED) is 0.792. The zero-order chi connectivity index (χ0) is 18.5. The van der Waals surface area contributed by atoms with E-state index in [1.165, 1.54) is 17.3 Å². The van der Waals surface area contributed by atoms with Gasteiger partial charge in [-0.15, -0.1) is 0 Å². The van der Waals surface area contributed by atoms with Crippen LogP contribution in [0.4, 0.5) is 11.4 Å². The normalized spacial score (nSPS) is 18.4. The lowest BCUT2D eigenvalue weighted by Crippen LogP contribution is -2.60. The lowest BCUT2D eigenvalue weighted by Gasteiger charge is -2.43. The van der Waals surface area contributed by atoms with E-state index in [1.807, 2.05) is 11.0 Å². The number of hydrogen-bond acceptors (Lipinski definition) is 3. The van der Waals surface area contributed by atoms with Gasteiger partial charge in [0.1, 0.15) is 0 Å². The molecule has 27 heavy (non-hydrogen) atoms. The molecule has 0 aromatic heterocycles. The minimum atomic E-state index is -0.0644. The Morgan fingerprint density at radius 2 is 1.93 bits per heavy atom. The van der Waals surface area contributed by atoms with Gasteiger partial charge in [-0.1, -0.05) is 30.8 Å². The Bertz CT molecular complexity index is 962. The Labute approximate surface area is 158 Å². The van der Waals surface area contributed by atoms with Gasteiger partial charge in [0.05, 0.1) is 6.04 Å². The number of para-hydroxylation sites is 1. The first-order valence-electron chi connectivity index (χ1n) is 9.36. The van der Waals surface area contributed by atoms with Crippen molar-refractivity contribution in [3.8, 4) is 0 Å². The highest BCUT2D eigenvalue weighted by atomic mass is 16.2. The van der Waals surface area contributed by atoms with E-state index in [0.717, 1.165) is 29.8 Å². The van der Waals surface area contributed by atoms with Crippen LogP contribution < -0.4 is 4.90 Å². The van der Waals surface area contributed by atoms with Crippen molar-refractivity contribution in [2.75, 3.05) is 24.5 Å². The summed E-state index contributed by atoms with van der Waals surface area (Å²) in [6.07, 6.45) is 2.36. The average molecular weight is 359 g/mol. The molecule has 2 aromatic rings. The summed E-state index contributed by atoms with van der Waals surface area (Å²) < 4.78 is 0. The topological polar surface area (TPSA) is 43.9 Å². The minimum absolute atomic E-state index is 0.0644. The van der Waals surface area contributed by atoms with E-state index in [1.54, 1.807) is 4.90 Å². The molecule has 3 aliphatic heterocycles. The van der Waals surface area contributed by atoms with Gasteiger partial charge in [0.25, 0.3) is 5.91 Å². The molecule has 5 rings (SSSR count). The van der Waals surface area contributed by atoms with Crippen LogP contribution in [0.15, 0.2) is 55.1 Å². The molecular weight excluding hydrogens is 338 g/mol. The molecule has 5 nitrogen and oxygen atoms in total. The van der Waals surface area contributed by atoms with E-state index in [-0.39, 0.29) is 17.9 Å². The largest absolute Gasteiger partial charge is 0.341 e. The van der Waals surface area contributed by atoms with Crippen molar-refractivity contribution in [3.05, 3.63) is 71.8 Å². The summed E-state index contributed by atoms with van der Waals surface area (Å²) in [5.41, 5.74) is 5.53. The Morgan fingerprint density at radius 3 is 2.74 bits per heavy atom. The van der Waals surface area contributed by atoms with E-state index < -0.39 is 0 Å². The maximum absolute atomic E-state index is 13.0. The second-order valence-electron chi connectivity index (χ2n) is 7.41. The molecule has 3 heterocycles. The molecule has 3 aliphatic rings. The Balaban J connectivity index is 1.37. The van der Waals surface area contributed by atoms with E-state index in [4.69, 9.17) is 0 Å². The summed E-state index contributed by atoms with van der Waals surface area (Å²) in [6.45, 7) is 6.28. The first-order chi connectivity index (χ1) is 13.2. The summed E-state index contributed by atoms with van der Waals surface area (Å²) in [5, 5.41) is 0. The van der Waals surface area contributed by atoms with Gasteiger partial charge < -0.3 is 14.7 Å². The molecule has 1 fully saturated rings. The van der Waals surface area contributed by atoms with Crippen molar-refractivity contribution in [2.24, 2.45) is 0 Å². The summed E-state index contributed by atoms with van der Waals surface area (Å²) in [6, 6.07) is 14.8. The number of amides is 2. The lowest BCUT2D eigenvalue weighted by atomic mass is 10.1. The van der Waals surface area contributed by atoms with E-state index >= 15 is 0 Å². The maximum Gasteiger partial charge on any atom is 0.254 e. The average Bonchev–Trinajstić information content (AvgIpc) is 3.22. The molecule has 136 valence electrons. The van der Waals surface area contributed by atoms with Crippen molar-refractivity contribution >= 4 is 23.2 Å². The Hall–Kier alpha value is -3.08. The first kappa shape index (κ1) is 16.1.